The number of aliphatic hydroxyl groups excluding tert-OH is 1. The van der Waals surface area contributed by atoms with Crippen molar-refractivity contribution in [1.29, 1.82) is 0 Å². The molecule has 2 aromatic rings. The zero-order valence-electron chi connectivity index (χ0n) is 10.7. The van der Waals surface area contributed by atoms with Gasteiger partial charge in [-0.25, -0.2) is 0 Å². The van der Waals surface area contributed by atoms with Crippen LogP contribution in [0.15, 0.2) is 46.9 Å². The average molecular weight is 361 g/mol. The number of hydrogen-bond donors (Lipinski definition) is 2. The summed E-state index contributed by atoms with van der Waals surface area (Å²) in [6.45, 7) is 0. The molecule has 1 atom stereocenters. The van der Waals surface area contributed by atoms with Gasteiger partial charge in [-0.05, 0) is 35.4 Å². The molecule has 0 saturated carbocycles. The van der Waals surface area contributed by atoms with Crippen molar-refractivity contribution < 1.29 is 23.4 Å². The van der Waals surface area contributed by atoms with Gasteiger partial charge >= 0.3 is 6.18 Å². The number of aromatic hydroxyl groups is 1. The molecule has 21 heavy (non-hydrogen) atoms. The highest BCUT2D eigenvalue weighted by Gasteiger charge is 2.35. The minimum atomic E-state index is -4.54. The third-order valence-electron chi connectivity index (χ3n) is 3.02. The summed E-state index contributed by atoms with van der Waals surface area (Å²) in [5.41, 5.74) is -0.503. The summed E-state index contributed by atoms with van der Waals surface area (Å²) in [7, 11) is 0. The van der Waals surface area contributed by atoms with E-state index in [1.807, 2.05) is 0 Å². The first-order valence-corrected chi connectivity index (χ1v) is 6.89. The lowest BCUT2D eigenvalue weighted by Gasteiger charge is -2.18. The van der Waals surface area contributed by atoms with Gasteiger partial charge in [0, 0.05) is 10.9 Å². The molecule has 2 nitrogen and oxygen atoms in total. The van der Waals surface area contributed by atoms with Crippen LogP contribution in [0.25, 0.3) is 0 Å². The molecule has 0 radical (unpaired) electrons. The van der Waals surface area contributed by atoms with E-state index in [-0.39, 0.29) is 17.7 Å². The van der Waals surface area contributed by atoms with E-state index in [1.54, 1.807) is 12.1 Å². The maximum absolute atomic E-state index is 13.0. The quantitative estimate of drug-likeness (QED) is 0.848. The molecule has 2 rings (SSSR count). The Kier molecular flexibility index (Phi) is 4.58. The fraction of sp³-hybridized carbons (Fsp3) is 0.200. The summed E-state index contributed by atoms with van der Waals surface area (Å²) in [6, 6.07) is 9.72. The first kappa shape index (κ1) is 15.9. The zero-order valence-corrected chi connectivity index (χ0v) is 12.3. The van der Waals surface area contributed by atoms with Crippen LogP contribution in [0.3, 0.4) is 0 Å². The maximum atomic E-state index is 13.0. The van der Waals surface area contributed by atoms with E-state index in [1.165, 1.54) is 24.3 Å². The first-order chi connectivity index (χ1) is 9.77. The highest BCUT2D eigenvalue weighted by molar-refractivity contribution is 9.10. The molecule has 0 amide bonds. The predicted molar refractivity (Wildman–Crippen MR) is 75.9 cm³/mol. The van der Waals surface area contributed by atoms with Crippen LogP contribution in [-0.4, -0.2) is 10.2 Å². The molecule has 2 aromatic carbocycles. The van der Waals surface area contributed by atoms with E-state index in [2.05, 4.69) is 15.9 Å². The van der Waals surface area contributed by atoms with Crippen molar-refractivity contribution in [3.8, 4) is 5.75 Å². The molecule has 1 unspecified atom stereocenters. The normalized spacial score (nSPS) is 13.2. The van der Waals surface area contributed by atoms with Crippen molar-refractivity contribution in [2.45, 2.75) is 18.7 Å². The second-order valence-electron chi connectivity index (χ2n) is 4.62. The molecule has 2 N–H and O–H groups in total. The zero-order chi connectivity index (χ0) is 15.6. The summed E-state index contributed by atoms with van der Waals surface area (Å²) in [6.07, 6.45) is -5.87. The lowest BCUT2D eigenvalue weighted by Crippen LogP contribution is -2.13. The van der Waals surface area contributed by atoms with Gasteiger partial charge in [-0.1, -0.05) is 34.1 Å². The van der Waals surface area contributed by atoms with Crippen LogP contribution in [0.2, 0.25) is 0 Å². The van der Waals surface area contributed by atoms with Crippen LogP contribution in [-0.2, 0) is 12.6 Å². The van der Waals surface area contributed by atoms with E-state index < -0.39 is 17.8 Å². The highest BCUT2D eigenvalue weighted by Crippen LogP contribution is 2.37. The van der Waals surface area contributed by atoms with E-state index in [0.717, 1.165) is 6.07 Å². The van der Waals surface area contributed by atoms with Gasteiger partial charge in [0.15, 0.2) is 0 Å². The summed E-state index contributed by atoms with van der Waals surface area (Å²) >= 11 is 3.00. The molecule has 0 aliphatic rings. The lowest BCUT2D eigenvalue weighted by atomic mass is 9.96. The summed E-state index contributed by atoms with van der Waals surface area (Å²) in [4.78, 5) is 0. The number of hydrogen-bond acceptors (Lipinski definition) is 2. The Morgan fingerprint density at radius 1 is 1.10 bits per heavy atom. The Morgan fingerprint density at radius 2 is 1.81 bits per heavy atom. The molecule has 0 aliphatic heterocycles. The summed E-state index contributed by atoms with van der Waals surface area (Å²) < 4.78 is 39.4. The third-order valence-corrected chi connectivity index (χ3v) is 3.51. The number of rotatable bonds is 3. The van der Waals surface area contributed by atoms with Crippen molar-refractivity contribution in [2.24, 2.45) is 0 Å². The molecule has 0 bridgehead atoms. The van der Waals surface area contributed by atoms with Crippen LogP contribution < -0.4 is 0 Å². The standard InChI is InChI=1S/C15H12BrF3O2/c16-10-4-5-12(13(8-10)15(17,18)19)14(21)7-9-2-1-3-11(20)6-9/h1-6,8,14,20-21H,7H2. The first-order valence-electron chi connectivity index (χ1n) is 6.10. The van der Waals surface area contributed by atoms with Crippen molar-refractivity contribution in [3.05, 3.63) is 63.6 Å². The van der Waals surface area contributed by atoms with Crippen LogP contribution in [0.1, 0.15) is 22.8 Å². The SMILES string of the molecule is Oc1cccc(CC(O)c2ccc(Br)cc2C(F)(F)F)c1. The largest absolute Gasteiger partial charge is 0.508 e. The maximum Gasteiger partial charge on any atom is 0.416 e. The molecular formula is C15H12BrF3O2. The van der Waals surface area contributed by atoms with Crippen molar-refractivity contribution in [1.82, 2.24) is 0 Å². The smallest absolute Gasteiger partial charge is 0.416 e. The number of halogens is 4. The fourth-order valence-electron chi connectivity index (χ4n) is 2.08. The Labute approximate surface area is 128 Å². The number of benzene rings is 2. The van der Waals surface area contributed by atoms with E-state index in [0.29, 0.717) is 10.0 Å². The molecule has 6 heteroatoms. The molecule has 0 fully saturated rings. The van der Waals surface area contributed by atoms with Crippen LogP contribution in [0.4, 0.5) is 13.2 Å². The minimum absolute atomic E-state index is 0.00607. The van der Waals surface area contributed by atoms with Crippen molar-refractivity contribution >= 4 is 15.9 Å². The van der Waals surface area contributed by atoms with Crippen LogP contribution >= 0.6 is 15.9 Å². The van der Waals surface area contributed by atoms with Crippen molar-refractivity contribution in [3.63, 3.8) is 0 Å². The van der Waals surface area contributed by atoms with Crippen molar-refractivity contribution in [2.75, 3.05) is 0 Å². The predicted octanol–water partition coefficient (Wildman–Crippen LogP) is 4.45. The Bertz CT molecular complexity index is 641. The number of aliphatic hydroxyl groups is 1. The van der Waals surface area contributed by atoms with Gasteiger partial charge in [0.1, 0.15) is 5.75 Å². The van der Waals surface area contributed by atoms with Crippen LogP contribution in [0, 0.1) is 0 Å². The Balaban J connectivity index is 2.33. The molecule has 0 aliphatic carbocycles. The lowest BCUT2D eigenvalue weighted by molar-refractivity contribution is -0.139. The van der Waals surface area contributed by atoms with Gasteiger partial charge in [0.2, 0.25) is 0 Å². The van der Waals surface area contributed by atoms with E-state index in [4.69, 9.17) is 0 Å². The second-order valence-corrected chi connectivity index (χ2v) is 5.53. The topological polar surface area (TPSA) is 40.5 Å². The number of phenolic OH excluding ortho intramolecular Hbond substituents is 1. The molecule has 112 valence electrons. The van der Waals surface area contributed by atoms with Gasteiger partial charge in [-0.2, -0.15) is 13.2 Å². The molecule has 0 saturated heterocycles. The Morgan fingerprint density at radius 3 is 2.43 bits per heavy atom. The minimum Gasteiger partial charge on any atom is -0.508 e. The Hall–Kier alpha value is -1.53. The summed E-state index contributed by atoms with van der Waals surface area (Å²) in [5, 5.41) is 19.5. The summed E-state index contributed by atoms with van der Waals surface area (Å²) in [5.74, 6) is 0.00607. The van der Waals surface area contributed by atoms with Gasteiger partial charge in [0.25, 0.3) is 0 Å². The van der Waals surface area contributed by atoms with Crippen LogP contribution in [0.5, 0.6) is 5.75 Å². The molecule has 0 aromatic heterocycles. The molecular weight excluding hydrogens is 349 g/mol. The third kappa shape index (κ3) is 3.98. The number of phenols is 1. The average Bonchev–Trinajstić information content (AvgIpc) is 2.37. The fourth-order valence-corrected chi connectivity index (χ4v) is 2.44. The second kappa shape index (κ2) is 6.07. The molecule has 0 heterocycles. The highest BCUT2D eigenvalue weighted by atomic mass is 79.9. The van der Waals surface area contributed by atoms with Gasteiger partial charge in [-0.3, -0.25) is 0 Å². The van der Waals surface area contributed by atoms with Gasteiger partial charge in [0.05, 0.1) is 11.7 Å². The van der Waals surface area contributed by atoms with Gasteiger partial charge < -0.3 is 10.2 Å². The van der Waals surface area contributed by atoms with E-state index >= 15 is 0 Å². The number of alkyl halides is 3. The monoisotopic (exact) mass is 360 g/mol. The van der Waals surface area contributed by atoms with Gasteiger partial charge in [-0.15, -0.1) is 0 Å². The van der Waals surface area contributed by atoms with E-state index in [9.17, 15) is 23.4 Å². The molecule has 0 spiro atoms.